The third-order valence-corrected chi connectivity index (χ3v) is 5.32. The summed E-state index contributed by atoms with van der Waals surface area (Å²) in [4.78, 5) is 16.5. The lowest BCUT2D eigenvalue weighted by Gasteiger charge is -2.14. The zero-order valence-corrected chi connectivity index (χ0v) is 17.1. The molecule has 1 aliphatic carbocycles. The molecule has 2 aromatic carbocycles. The quantitative estimate of drug-likeness (QED) is 0.636. The Hall–Kier alpha value is -3.60. The monoisotopic (exact) mass is 400 g/mol. The van der Waals surface area contributed by atoms with E-state index in [1.807, 2.05) is 55.5 Å². The molecule has 5 nitrogen and oxygen atoms in total. The summed E-state index contributed by atoms with van der Waals surface area (Å²) in [5, 5.41) is 2.77. The number of benzene rings is 2. The number of rotatable bonds is 6. The fourth-order valence-corrected chi connectivity index (χ4v) is 3.82. The van der Waals surface area contributed by atoms with E-state index in [1.165, 1.54) is 22.3 Å². The number of carbonyl (C=O) groups excluding carboxylic acids is 1. The average molecular weight is 400 g/mol. The van der Waals surface area contributed by atoms with Gasteiger partial charge in [-0.25, -0.2) is 9.78 Å². The maximum atomic E-state index is 12.2. The van der Waals surface area contributed by atoms with Gasteiger partial charge in [0.1, 0.15) is 6.61 Å². The number of alkyl carbamates (subject to hydrolysis) is 1. The number of aromatic nitrogens is 1. The lowest BCUT2D eigenvalue weighted by atomic mass is 9.98. The molecule has 0 saturated heterocycles. The molecule has 1 amide bonds. The number of amides is 1. The minimum absolute atomic E-state index is 0.0618. The maximum Gasteiger partial charge on any atom is 0.407 e. The highest BCUT2D eigenvalue weighted by Gasteiger charge is 2.28. The summed E-state index contributed by atoms with van der Waals surface area (Å²) in [5.74, 6) is 0.646. The van der Waals surface area contributed by atoms with Crippen molar-refractivity contribution in [2.45, 2.75) is 12.8 Å². The van der Waals surface area contributed by atoms with E-state index in [9.17, 15) is 4.79 Å². The second kappa shape index (κ2) is 8.82. The zero-order chi connectivity index (χ0) is 20.9. The molecule has 0 bridgehead atoms. The molecular formula is C25H24N2O3. The van der Waals surface area contributed by atoms with Gasteiger partial charge < -0.3 is 14.8 Å². The van der Waals surface area contributed by atoms with Gasteiger partial charge in [0.15, 0.2) is 0 Å². The van der Waals surface area contributed by atoms with Crippen LogP contribution in [-0.2, 0) is 4.74 Å². The van der Waals surface area contributed by atoms with Crippen LogP contribution in [0.3, 0.4) is 0 Å². The molecule has 1 heterocycles. The molecule has 0 fully saturated rings. The minimum Gasteiger partial charge on any atom is -0.481 e. The van der Waals surface area contributed by atoms with Crippen molar-refractivity contribution >= 4 is 12.2 Å². The van der Waals surface area contributed by atoms with Crippen LogP contribution in [0.1, 0.15) is 28.3 Å². The Bertz CT molecular complexity index is 1050. The van der Waals surface area contributed by atoms with Gasteiger partial charge in [0.2, 0.25) is 5.88 Å². The Labute approximate surface area is 176 Å². The van der Waals surface area contributed by atoms with Gasteiger partial charge in [-0.3, -0.25) is 0 Å². The lowest BCUT2D eigenvalue weighted by Crippen LogP contribution is -2.26. The number of aryl methyl sites for hydroxylation is 1. The number of fused-ring (bicyclic) bond motifs is 3. The predicted molar refractivity (Wildman–Crippen MR) is 118 cm³/mol. The van der Waals surface area contributed by atoms with E-state index in [1.54, 1.807) is 7.11 Å². The average Bonchev–Trinajstić information content (AvgIpc) is 3.10. The number of carbonyl (C=O) groups is 1. The van der Waals surface area contributed by atoms with Gasteiger partial charge in [0.25, 0.3) is 0 Å². The van der Waals surface area contributed by atoms with Crippen molar-refractivity contribution in [3.8, 4) is 17.0 Å². The van der Waals surface area contributed by atoms with Gasteiger partial charge in [0.05, 0.1) is 7.11 Å². The number of methoxy groups -OCH3 is 1. The van der Waals surface area contributed by atoms with Crippen molar-refractivity contribution in [2.24, 2.45) is 0 Å². The first-order valence-electron chi connectivity index (χ1n) is 9.94. The topological polar surface area (TPSA) is 60.5 Å². The smallest absolute Gasteiger partial charge is 0.407 e. The summed E-state index contributed by atoms with van der Waals surface area (Å²) < 4.78 is 10.6. The number of hydrogen-bond acceptors (Lipinski definition) is 4. The van der Waals surface area contributed by atoms with Crippen LogP contribution >= 0.6 is 0 Å². The van der Waals surface area contributed by atoms with E-state index in [2.05, 4.69) is 34.6 Å². The van der Waals surface area contributed by atoms with Crippen LogP contribution < -0.4 is 10.1 Å². The van der Waals surface area contributed by atoms with Gasteiger partial charge in [0, 0.05) is 24.2 Å². The molecule has 1 aliphatic rings. The number of ether oxygens (including phenoxy) is 2. The van der Waals surface area contributed by atoms with Gasteiger partial charge in [-0.05, 0) is 40.8 Å². The van der Waals surface area contributed by atoms with Crippen molar-refractivity contribution in [3.05, 3.63) is 89.1 Å². The predicted octanol–water partition coefficient (Wildman–Crippen LogP) is 4.95. The Morgan fingerprint density at radius 1 is 1.03 bits per heavy atom. The molecule has 30 heavy (non-hydrogen) atoms. The first kappa shape index (κ1) is 19.7. The molecule has 0 saturated carbocycles. The highest BCUT2D eigenvalue weighted by molar-refractivity contribution is 5.79. The van der Waals surface area contributed by atoms with Crippen LogP contribution in [0.15, 0.2) is 66.7 Å². The number of pyridine rings is 1. The normalized spacial score (nSPS) is 12.5. The zero-order valence-electron chi connectivity index (χ0n) is 17.1. The van der Waals surface area contributed by atoms with Crippen LogP contribution in [-0.4, -0.2) is 31.3 Å². The third-order valence-electron chi connectivity index (χ3n) is 5.32. The van der Waals surface area contributed by atoms with E-state index >= 15 is 0 Å². The molecule has 0 aliphatic heterocycles. The number of hydrogen-bond donors (Lipinski definition) is 1. The van der Waals surface area contributed by atoms with Crippen molar-refractivity contribution in [1.29, 1.82) is 0 Å². The first-order valence-corrected chi connectivity index (χ1v) is 9.94. The summed E-state index contributed by atoms with van der Waals surface area (Å²) in [5.41, 5.74) is 6.68. The van der Waals surface area contributed by atoms with E-state index in [4.69, 9.17) is 9.47 Å². The molecule has 0 radical (unpaired) electrons. The van der Waals surface area contributed by atoms with E-state index in [0.717, 1.165) is 11.3 Å². The second-order valence-electron chi connectivity index (χ2n) is 7.14. The highest BCUT2D eigenvalue weighted by Crippen LogP contribution is 2.44. The van der Waals surface area contributed by atoms with Gasteiger partial charge in [-0.2, -0.15) is 0 Å². The first-order chi connectivity index (χ1) is 14.7. The fourth-order valence-electron chi connectivity index (χ4n) is 3.82. The van der Waals surface area contributed by atoms with E-state index in [-0.39, 0.29) is 5.92 Å². The number of nitrogens with zero attached hydrogens (tertiary/aromatic N) is 1. The summed E-state index contributed by atoms with van der Waals surface area (Å²) >= 11 is 0. The molecule has 5 heteroatoms. The Kier molecular flexibility index (Phi) is 5.80. The van der Waals surface area contributed by atoms with Crippen molar-refractivity contribution in [2.75, 3.05) is 20.3 Å². The molecule has 0 spiro atoms. The maximum absolute atomic E-state index is 12.2. The van der Waals surface area contributed by atoms with Gasteiger partial charge >= 0.3 is 6.09 Å². The van der Waals surface area contributed by atoms with E-state index in [0.29, 0.717) is 19.0 Å². The van der Waals surface area contributed by atoms with Crippen LogP contribution in [0.5, 0.6) is 5.88 Å². The molecular weight excluding hydrogens is 376 g/mol. The number of nitrogens with one attached hydrogen (secondary N) is 1. The molecule has 152 valence electrons. The SMILES string of the molecule is COc1ccc(C=CCNC(=O)OCC2c3ccccc3-c3ccccc32)c(C)n1. The van der Waals surface area contributed by atoms with Crippen LogP contribution in [0.2, 0.25) is 0 Å². The van der Waals surface area contributed by atoms with Crippen molar-refractivity contribution < 1.29 is 14.3 Å². The van der Waals surface area contributed by atoms with Crippen LogP contribution in [0.25, 0.3) is 17.2 Å². The van der Waals surface area contributed by atoms with E-state index < -0.39 is 6.09 Å². The molecule has 0 unspecified atom stereocenters. The second-order valence-corrected chi connectivity index (χ2v) is 7.14. The van der Waals surface area contributed by atoms with Gasteiger partial charge in [-0.15, -0.1) is 0 Å². The summed E-state index contributed by atoms with van der Waals surface area (Å²) in [6.45, 7) is 2.61. The third kappa shape index (κ3) is 4.06. The molecule has 1 aromatic heterocycles. The summed E-state index contributed by atoms with van der Waals surface area (Å²) in [7, 11) is 1.59. The minimum atomic E-state index is -0.425. The summed E-state index contributed by atoms with van der Waals surface area (Å²) in [6, 6.07) is 20.3. The Morgan fingerprint density at radius 3 is 2.33 bits per heavy atom. The summed E-state index contributed by atoms with van der Waals surface area (Å²) in [6.07, 6.45) is 3.37. The largest absolute Gasteiger partial charge is 0.481 e. The van der Waals surface area contributed by atoms with Crippen molar-refractivity contribution in [1.82, 2.24) is 10.3 Å². The molecule has 1 N–H and O–H groups in total. The van der Waals surface area contributed by atoms with Crippen LogP contribution in [0, 0.1) is 6.92 Å². The highest BCUT2D eigenvalue weighted by atomic mass is 16.5. The van der Waals surface area contributed by atoms with Gasteiger partial charge in [-0.1, -0.05) is 60.7 Å². The van der Waals surface area contributed by atoms with Crippen molar-refractivity contribution in [3.63, 3.8) is 0 Å². The standard InChI is InChI=1S/C25H24N2O3/c1-17-18(13-14-24(27-17)29-2)8-7-15-26-25(28)30-16-23-21-11-5-3-9-19(21)20-10-4-6-12-22(20)23/h3-14,23H,15-16H2,1-2H3,(H,26,28). The van der Waals surface area contributed by atoms with Crippen LogP contribution in [0.4, 0.5) is 4.79 Å². The molecule has 4 rings (SSSR count). The molecule has 3 aromatic rings. The fraction of sp³-hybridized carbons (Fsp3) is 0.200. The lowest BCUT2D eigenvalue weighted by molar-refractivity contribution is 0.144. The molecule has 0 atom stereocenters. The Balaban J connectivity index is 1.32. The Morgan fingerprint density at radius 2 is 1.70 bits per heavy atom.